The Bertz CT molecular complexity index is 880. The molecule has 172 valence electrons. The van der Waals surface area contributed by atoms with Gasteiger partial charge in [-0.2, -0.15) is 0 Å². The summed E-state index contributed by atoms with van der Waals surface area (Å²) in [7, 11) is 0. The van der Waals surface area contributed by atoms with Crippen molar-refractivity contribution in [2.45, 2.75) is 59.2 Å². The van der Waals surface area contributed by atoms with E-state index in [4.69, 9.17) is 0 Å². The normalized spacial score (nSPS) is 19.2. The molecule has 0 bridgehead atoms. The standard InChI is InChI=1S/C28H39N3O/c1-22-9-13-30(14-10-22)21-26-8-4-6-24(18-26)19-29-28(32)27-11-15-31(16-12-27)20-25-7-3-5-23(2)17-25/h3-8,17-18,22,27H,9-16,19-21H2,1-2H3,(H,29,32). The van der Waals surface area contributed by atoms with E-state index in [-0.39, 0.29) is 11.8 Å². The molecule has 2 fully saturated rings. The second-order valence-electron chi connectivity index (χ2n) is 10.0. The Hall–Kier alpha value is -2.17. The summed E-state index contributed by atoms with van der Waals surface area (Å²) in [6.45, 7) is 11.5. The van der Waals surface area contributed by atoms with E-state index < -0.39 is 0 Å². The maximum absolute atomic E-state index is 12.8. The average molecular weight is 434 g/mol. The number of nitrogens with zero attached hydrogens (tertiary/aromatic N) is 2. The van der Waals surface area contributed by atoms with Crippen LogP contribution in [0, 0.1) is 18.8 Å². The van der Waals surface area contributed by atoms with Gasteiger partial charge in [-0.3, -0.25) is 14.6 Å². The molecule has 0 spiro atoms. The van der Waals surface area contributed by atoms with E-state index in [0.717, 1.165) is 44.9 Å². The first-order valence-corrected chi connectivity index (χ1v) is 12.4. The van der Waals surface area contributed by atoms with Gasteiger partial charge in [0.15, 0.2) is 0 Å². The third-order valence-corrected chi connectivity index (χ3v) is 7.19. The Morgan fingerprint density at radius 2 is 1.41 bits per heavy atom. The molecule has 1 N–H and O–H groups in total. The molecule has 0 aromatic heterocycles. The quantitative estimate of drug-likeness (QED) is 0.684. The maximum Gasteiger partial charge on any atom is 0.223 e. The number of aryl methyl sites for hydroxylation is 1. The van der Waals surface area contributed by atoms with Crippen LogP contribution in [-0.4, -0.2) is 41.9 Å². The van der Waals surface area contributed by atoms with Crippen LogP contribution in [0.25, 0.3) is 0 Å². The summed E-state index contributed by atoms with van der Waals surface area (Å²) in [6.07, 6.45) is 4.51. The predicted molar refractivity (Wildman–Crippen MR) is 131 cm³/mol. The third kappa shape index (κ3) is 6.66. The zero-order valence-electron chi connectivity index (χ0n) is 19.9. The van der Waals surface area contributed by atoms with Gasteiger partial charge in [0, 0.05) is 25.6 Å². The summed E-state index contributed by atoms with van der Waals surface area (Å²) in [6, 6.07) is 17.5. The molecule has 2 heterocycles. The zero-order valence-corrected chi connectivity index (χ0v) is 19.9. The molecule has 32 heavy (non-hydrogen) atoms. The van der Waals surface area contributed by atoms with Gasteiger partial charge in [-0.1, -0.05) is 61.0 Å². The van der Waals surface area contributed by atoms with Crippen molar-refractivity contribution >= 4 is 5.91 Å². The molecule has 0 unspecified atom stereocenters. The van der Waals surface area contributed by atoms with Crippen LogP contribution < -0.4 is 5.32 Å². The summed E-state index contributed by atoms with van der Waals surface area (Å²) in [5.41, 5.74) is 5.24. The van der Waals surface area contributed by atoms with E-state index in [1.807, 2.05) is 0 Å². The number of likely N-dealkylation sites (tertiary alicyclic amines) is 2. The summed E-state index contributed by atoms with van der Waals surface area (Å²) >= 11 is 0. The monoisotopic (exact) mass is 433 g/mol. The first-order valence-electron chi connectivity index (χ1n) is 12.4. The number of hydrogen-bond acceptors (Lipinski definition) is 3. The first kappa shape index (κ1) is 23.0. The van der Waals surface area contributed by atoms with Crippen LogP contribution in [0.1, 0.15) is 54.9 Å². The fraction of sp³-hybridized carbons (Fsp3) is 0.536. The van der Waals surface area contributed by atoms with E-state index in [9.17, 15) is 4.79 Å². The number of nitrogens with one attached hydrogen (secondary N) is 1. The highest BCUT2D eigenvalue weighted by atomic mass is 16.1. The number of amides is 1. The van der Waals surface area contributed by atoms with Crippen LogP contribution in [-0.2, 0) is 24.4 Å². The number of rotatable bonds is 7. The fourth-order valence-electron chi connectivity index (χ4n) is 5.07. The third-order valence-electron chi connectivity index (χ3n) is 7.19. The highest BCUT2D eigenvalue weighted by Crippen LogP contribution is 2.21. The molecular weight excluding hydrogens is 394 g/mol. The largest absolute Gasteiger partial charge is 0.352 e. The van der Waals surface area contributed by atoms with Gasteiger partial charge in [0.05, 0.1) is 0 Å². The highest BCUT2D eigenvalue weighted by molar-refractivity contribution is 5.78. The Labute approximate surface area is 194 Å². The molecule has 2 saturated heterocycles. The fourth-order valence-corrected chi connectivity index (χ4v) is 5.07. The van der Waals surface area contributed by atoms with Crippen molar-refractivity contribution in [3.05, 3.63) is 70.8 Å². The summed E-state index contributed by atoms with van der Waals surface area (Å²) in [4.78, 5) is 17.8. The van der Waals surface area contributed by atoms with Gasteiger partial charge in [-0.15, -0.1) is 0 Å². The zero-order chi connectivity index (χ0) is 22.3. The van der Waals surface area contributed by atoms with Gasteiger partial charge in [0.25, 0.3) is 0 Å². The van der Waals surface area contributed by atoms with E-state index in [2.05, 4.69) is 77.5 Å². The van der Waals surface area contributed by atoms with Crippen LogP contribution in [0.4, 0.5) is 0 Å². The van der Waals surface area contributed by atoms with Crippen LogP contribution in [0.3, 0.4) is 0 Å². The Balaban J connectivity index is 1.20. The van der Waals surface area contributed by atoms with E-state index in [1.54, 1.807) is 0 Å². The Morgan fingerprint density at radius 1 is 0.844 bits per heavy atom. The smallest absolute Gasteiger partial charge is 0.223 e. The number of piperidine rings is 2. The molecule has 2 aromatic carbocycles. The summed E-state index contributed by atoms with van der Waals surface area (Å²) in [5, 5.41) is 3.21. The minimum atomic E-state index is 0.141. The maximum atomic E-state index is 12.8. The second-order valence-corrected chi connectivity index (χ2v) is 10.0. The van der Waals surface area contributed by atoms with Gasteiger partial charge < -0.3 is 5.32 Å². The lowest BCUT2D eigenvalue weighted by molar-refractivity contribution is -0.126. The Morgan fingerprint density at radius 3 is 2.06 bits per heavy atom. The van der Waals surface area contributed by atoms with Crippen LogP contribution in [0.2, 0.25) is 0 Å². The van der Waals surface area contributed by atoms with Crippen molar-refractivity contribution in [2.24, 2.45) is 11.8 Å². The van der Waals surface area contributed by atoms with Crippen molar-refractivity contribution in [3.8, 4) is 0 Å². The van der Waals surface area contributed by atoms with Gasteiger partial charge in [0.2, 0.25) is 5.91 Å². The average Bonchev–Trinajstić information content (AvgIpc) is 2.80. The van der Waals surface area contributed by atoms with Gasteiger partial charge >= 0.3 is 0 Å². The van der Waals surface area contributed by atoms with Crippen molar-refractivity contribution in [3.63, 3.8) is 0 Å². The van der Waals surface area contributed by atoms with E-state index in [0.29, 0.717) is 6.54 Å². The molecule has 0 radical (unpaired) electrons. The molecule has 2 aliphatic rings. The lowest BCUT2D eigenvalue weighted by atomic mass is 9.95. The minimum Gasteiger partial charge on any atom is -0.352 e. The molecule has 0 saturated carbocycles. The van der Waals surface area contributed by atoms with Gasteiger partial charge in [0.1, 0.15) is 0 Å². The first-order chi connectivity index (χ1) is 15.5. The lowest BCUT2D eigenvalue weighted by Gasteiger charge is -2.31. The molecule has 0 aliphatic carbocycles. The van der Waals surface area contributed by atoms with Gasteiger partial charge in [-0.25, -0.2) is 0 Å². The lowest BCUT2D eigenvalue weighted by Crippen LogP contribution is -2.40. The van der Waals surface area contributed by atoms with Crippen molar-refractivity contribution in [2.75, 3.05) is 26.2 Å². The number of hydrogen-bond donors (Lipinski definition) is 1. The number of benzene rings is 2. The topological polar surface area (TPSA) is 35.6 Å². The van der Waals surface area contributed by atoms with Crippen molar-refractivity contribution in [1.29, 1.82) is 0 Å². The molecule has 4 heteroatoms. The second kappa shape index (κ2) is 11.1. The minimum absolute atomic E-state index is 0.141. The van der Waals surface area contributed by atoms with E-state index in [1.165, 1.54) is 48.2 Å². The molecule has 4 rings (SSSR count). The van der Waals surface area contributed by atoms with Crippen molar-refractivity contribution in [1.82, 2.24) is 15.1 Å². The van der Waals surface area contributed by atoms with Crippen molar-refractivity contribution < 1.29 is 4.79 Å². The molecule has 2 aliphatic heterocycles. The summed E-state index contributed by atoms with van der Waals surface area (Å²) in [5.74, 6) is 1.22. The summed E-state index contributed by atoms with van der Waals surface area (Å²) < 4.78 is 0. The van der Waals surface area contributed by atoms with Crippen LogP contribution in [0.5, 0.6) is 0 Å². The number of carbonyl (C=O) groups is 1. The number of carbonyl (C=O) groups excluding carboxylic acids is 1. The molecular formula is C28H39N3O. The molecule has 0 atom stereocenters. The van der Waals surface area contributed by atoms with E-state index >= 15 is 0 Å². The highest BCUT2D eigenvalue weighted by Gasteiger charge is 2.25. The predicted octanol–water partition coefficient (Wildman–Crippen LogP) is 4.76. The molecule has 2 aromatic rings. The molecule has 4 nitrogen and oxygen atoms in total. The van der Waals surface area contributed by atoms with Gasteiger partial charge in [-0.05, 0) is 81.4 Å². The SMILES string of the molecule is Cc1cccc(CN2CCC(C(=O)NCc3cccc(CN4CCC(C)CC4)c3)CC2)c1. The Kier molecular flexibility index (Phi) is 7.99. The van der Waals surface area contributed by atoms with Crippen LogP contribution >= 0.6 is 0 Å². The molecule has 1 amide bonds. The van der Waals surface area contributed by atoms with Crippen LogP contribution in [0.15, 0.2) is 48.5 Å².